The second-order valence-electron chi connectivity index (χ2n) is 7.41. The van der Waals surface area contributed by atoms with Crippen molar-refractivity contribution in [3.8, 4) is 22.6 Å². The number of rotatable bonds is 9. The summed E-state index contributed by atoms with van der Waals surface area (Å²) in [5, 5.41) is 3.89. The van der Waals surface area contributed by atoms with E-state index >= 15 is 0 Å². The van der Waals surface area contributed by atoms with E-state index in [1.165, 1.54) is 0 Å². The summed E-state index contributed by atoms with van der Waals surface area (Å²) in [5.74, 6) is 1.49. The monoisotopic (exact) mass is 421 g/mol. The van der Waals surface area contributed by atoms with Gasteiger partial charge in [-0.1, -0.05) is 19.1 Å². The Morgan fingerprint density at radius 3 is 2.45 bits per heavy atom. The molecule has 0 unspecified atom stereocenters. The number of fused-ring (bicyclic) bond motifs is 1. The summed E-state index contributed by atoms with van der Waals surface area (Å²) < 4.78 is 17.5. The fourth-order valence-electron chi connectivity index (χ4n) is 3.63. The Bertz CT molecular complexity index is 1080. The standard InChI is InChI=1S/C26H31NO4/c1-6-13-27-24(28)14-17(4)21-15-22-23(19-9-11-20(12-10-19)29-7-2)16-31-26(22)18(5)25(21)30-8-3/h9-12,14-16H,6-8,13H2,1-5H3,(H,27,28)/b17-14+. The number of aryl methyl sites for hydroxylation is 1. The minimum Gasteiger partial charge on any atom is -0.494 e. The van der Waals surface area contributed by atoms with E-state index in [2.05, 4.69) is 11.4 Å². The molecule has 0 saturated carbocycles. The average molecular weight is 422 g/mol. The van der Waals surface area contributed by atoms with E-state index in [0.29, 0.717) is 19.8 Å². The van der Waals surface area contributed by atoms with Crippen molar-refractivity contribution < 1.29 is 18.7 Å². The molecule has 0 atom stereocenters. The molecule has 0 spiro atoms. The van der Waals surface area contributed by atoms with Crippen LogP contribution in [0.15, 0.2) is 47.1 Å². The van der Waals surface area contributed by atoms with E-state index in [-0.39, 0.29) is 5.91 Å². The topological polar surface area (TPSA) is 60.7 Å². The molecular weight excluding hydrogens is 390 g/mol. The minimum atomic E-state index is -0.0986. The molecule has 3 rings (SSSR count). The summed E-state index contributed by atoms with van der Waals surface area (Å²) >= 11 is 0. The first-order valence-corrected chi connectivity index (χ1v) is 10.9. The maximum atomic E-state index is 12.3. The molecule has 0 saturated heterocycles. The van der Waals surface area contributed by atoms with Crippen LogP contribution in [0, 0.1) is 6.92 Å². The van der Waals surface area contributed by atoms with Gasteiger partial charge >= 0.3 is 0 Å². The number of allylic oxidation sites excluding steroid dienone is 1. The Labute approximate surface area is 184 Å². The predicted octanol–water partition coefficient (Wildman–Crippen LogP) is 6.14. The van der Waals surface area contributed by atoms with E-state index in [1.54, 1.807) is 12.3 Å². The number of carbonyl (C=O) groups is 1. The highest BCUT2D eigenvalue weighted by Gasteiger charge is 2.19. The van der Waals surface area contributed by atoms with Gasteiger partial charge in [-0.2, -0.15) is 0 Å². The number of nitrogens with one attached hydrogen (secondary N) is 1. The molecule has 0 fully saturated rings. The zero-order valence-corrected chi connectivity index (χ0v) is 19.0. The summed E-state index contributed by atoms with van der Waals surface area (Å²) in [4.78, 5) is 12.3. The minimum absolute atomic E-state index is 0.0986. The van der Waals surface area contributed by atoms with Crippen molar-refractivity contribution in [2.45, 2.75) is 41.0 Å². The Morgan fingerprint density at radius 2 is 1.81 bits per heavy atom. The molecule has 0 bridgehead atoms. The van der Waals surface area contributed by atoms with Crippen LogP contribution >= 0.6 is 0 Å². The van der Waals surface area contributed by atoms with Crippen LogP contribution in [0.1, 0.15) is 45.2 Å². The van der Waals surface area contributed by atoms with Crippen LogP contribution in [0.3, 0.4) is 0 Å². The van der Waals surface area contributed by atoms with E-state index in [4.69, 9.17) is 13.9 Å². The molecule has 1 aromatic heterocycles. The Kier molecular flexibility index (Phi) is 7.40. The van der Waals surface area contributed by atoms with Gasteiger partial charge in [0.15, 0.2) is 0 Å². The lowest BCUT2D eigenvalue weighted by Gasteiger charge is -2.15. The van der Waals surface area contributed by atoms with Crippen LogP contribution in [-0.2, 0) is 4.79 Å². The van der Waals surface area contributed by atoms with E-state index < -0.39 is 0 Å². The molecule has 5 heteroatoms. The first-order chi connectivity index (χ1) is 15.0. The van der Waals surface area contributed by atoms with E-state index in [1.807, 2.05) is 58.9 Å². The molecule has 2 aromatic carbocycles. The molecule has 3 aromatic rings. The molecule has 31 heavy (non-hydrogen) atoms. The smallest absolute Gasteiger partial charge is 0.244 e. The molecule has 0 aliphatic heterocycles. The third-order valence-corrected chi connectivity index (χ3v) is 5.13. The molecule has 1 amide bonds. The number of benzene rings is 2. The van der Waals surface area contributed by atoms with Crippen LogP contribution in [-0.4, -0.2) is 25.7 Å². The zero-order valence-electron chi connectivity index (χ0n) is 19.0. The summed E-state index contributed by atoms with van der Waals surface area (Å²) in [6, 6.07) is 10.0. The maximum absolute atomic E-state index is 12.3. The quantitative estimate of drug-likeness (QED) is 0.422. The van der Waals surface area contributed by atoms with Crippen molar-refractivity contribution in [3.05, 3.63) is 53.8 Å². The van der Waals surface area contributed by atoms with E-state index in [9.17, 15) is 4.79 Å². The Morgan fingerprint density at radius 1 is 1.10 bits per heavy atom. The van der Waals surface area contributed by atoms with Gasteiger partial charge < -0.3 is 19.2 Å². The number of hydrogen-bond acceptors (Lipinski definition) is 4. The summed E-state index contributed by atoms with van der Waals surface area (Å²) in [6.07, 6.45) is 4.31. The lowest BCUT2D eigenvalue weighted by Crippen LogP contribution is -2.21. The van der Waals surface area contributed by atoms with Gasteiger partial charge in [-0.25, -0.2) is 0 Å². The summed E-state index contributed by atoms with van der Waals surface area (Å²) in [5.41, 5.74) is 5.49. The highest BCUT2D eigenvalue weighted by atomic mass is 16.5. The Balaban J connectivity index is 2.11. The van der Waals surface area contributed by atoms with Gasteiger partial charge in [0.1, 0.15) is 17.1 Å². The first-order valence-electron chi connectivity index (χ1n) is 10.9. The van der Waals surface area contributed by atoms with Crippen molar-refractivity contribution in [1.82, 2.24) is 5.32 Å². The fraction of sp³-hybridized carbons (Fsp3) is 0.346. The number of furan rings is 1. The van der Waals surface area contributed by atoms with Crippen molar-refractivity contribution in [1.29, 1.82) is 0 Å². The normalized spacial score (nSPS) is 11.6. The number of ether oxygens (including phenoxy) is 2. The highest BCUT2D eigenvalue weighted by Crippen LogP contribution is 2.41. The molecule has 1 N–H and O–H groups in total. The SMILES string of the molecule is CCCNC(=O)/C=C(\C)c1cc2c(-c3ccc(OCC)cc3)coc2c(C)c1OCC. The van der Waals surface area contributed by atoms with Gasteiger partial charge in [0, 0.05) is 34.7 Å². The summed E-state index contributed by atoms with van der Waals surface area (Å²) in [6.45, 7) is 11.7. The number of hydrogen-bond donors (Lipinski definition) is 1. The average Bonchev–Trinajstić information content (AvgIpc) is 3.19. The van der Waals surface area contributed by atoms with Crippen LogP contribution in [0.25, 0.3) is 27.7 Å². The van der Waals surface area contributed by atoms with E-state index in [0.717, 1.165) is 56.7 Å². The molecular formula is C26H31NO4. The second kappa shape index (κ2) is 10.2. The van der Waals surface area contributed by atoms with Crippen molar-refractivity contribution in [3.63, 3.8) is 0 Å². The van der Waals surface area contributed by atoms with Gasteiger partial charge in [0.05, 0.1) is 19.5 Å². The second-order valence-corrected chi connectivity index (χ2v) is 7.41. The van der Waals surface area contributed by atoms with Crippen LogP contribution in [0.2, 0.25) is 0 Å². The van der Waals surface area contributed by atoms with Gasteiger partial charge in [0.2, 0.25) is 5.91 Å². The van der Waals surface area contributed by atoms with Gasteiger partial charge in [0.25, 0.3) is 0 Å². The largest absolute Gasteiger partial charge is 0.494 e. The highest BCUT2D eigenvalue weighted by molar-refractivity contribution is 6.01. The zero-order chi connectivity index (χ0) is 22.4. The fourth-order valence-corrected chi connectivity index (χ4v) is 3.63. The number of amides is 1. The summed E-state index contributed by atoms with van der Waals surface area (Å²) in [7, 11) is 0. The van der Waals surface area contributed by atoms with Crippen molar-refractivity contribution in [2.75, 3.05) is 19.8 Å². The lowest BCUT2D eigenvalue weighted by molar-refractivity contribution is -0.116. The third-order valence-electron chi connectivity index (χ3n) is 5.13. The third kappa shape index (κ3) is 4.93. The molecule has 0 aliphatic rings. The van der Waals surface area contributed by atoms with Crippen LogP contribution in [0.5, 0.6) is 11.5 Å². The van der Waals surface area contributed by atoms with Gasteiger partial charge in [-0.05, 0) is 63.5 Å². The van der Waals surface area contributed by atoms with Crippen molar-refractivity contribution in [2.24, 2.45) is 0 Å². The Hall–Kier alpha value is -3.21. The van der Waals surface area contributed by atoms with Crippen LogP contribution < -0.4 is 14.8 Å². The molecule has 164 valence electrons. The van der Waals surface area contributed by atoms with Crippen molar-refractivity contribution >= 4 is 22.4 Å². The first kappa shape index (κ1) is 22.5. The molecule has 5 nitrogen and oxygen atoms in total. The number of carbonyl (C=O) groups excluding carboxylic acids is 1. The molecule has 0 radical (unpaired) electrons. The molecule has 0 aliphatic carbocycles. The van der Waals surface area contributed by atoms with Gasteiger partial charge in [-0.15, -0.1) is 0 Å². The molecule has 1 heterocycles. The van der Waals surface area contributed by atoms with Gasteiger partial charge in [-0.3, -0.25) is 4.79 Å². The van der Waals surface area contributed by atoms with Crippen LogP contribution in [0.4, 0.5) is 0 Å². The predicted molar refractivity (Wildman–Crippen MR) is 126 cm³/mol. The maximum Gasteiger partial charge on any atom is 0.244 e. The lowest BCUT2D eigenvalue weighted by atomic mass is 9.96.